The lowest BCUT2D eigenvalue weighted by Gasteiger charge is -2.31. The average molecular weight is 1310 g/mol. The number of carboxylic acid groups (broad SMARTS) is 1. The van der Waals surface area contributed by atoms with Gasteiger partial charge in [0.1, 0.15) is 60.4 Å². The quantitative estimate of drug-likeness (QED) is 0.0252. The van der Waals surface area contributed by atoms with Crippen molar-refractivity contribution >= 4 is 94.6 Å². The third kappa shape index (κ3) is 30.0. The zero-order valence-corrected chi connectivity index (χ0v) is 53.2. The molecule has 0 aromatic heterocycles. The fourth-order valence-electron chi connectivity index (χ4n) is 9.43. The van der Waals surface area contributed by atoms with Crippen molar-refractivity contribution in [2.24, 2.45) is 52.2 Å². The standard InChI is InChI=1S/C56H97N17O19/c1-26(2)21-35(51(87)65-31(46(62)82)11-8-9-19-57)64-42(79)24-63-54(90)45(29(7)75)72-52(88)36(22-27(3)4)69-53(89)38-12-10-20-73(38)56(92)37(25-74)70-55(91)44(28(5)6)71-50(86)33(14-17-40(60)77)67-49(85)34(15-18-43(80)81)68-48(84)32(13-16-39(59)76)66-47(83)30(58)23-41(61)78/h26-38,44-45,74-75H,8-25,57-58H2,1-7H3,(H2,59,76)(H2,60,77)(H2,61,78)(H2,62,82)(H,63,90)(H,64,79)(H,65,87)(H,66,83)(H,67,85)(H,68,84)(H,69,89)(H,70,91)(H,71,86)(H,72,88)(H,80,81)/t29-,30+,31+,32+,33+,34+,35+,36+,37+,38+,44+,45+/m1/s1. The van der Waals surface area contributed by atoms with Crippen LogP contribution in [0, 0.1) is 17.8 Å². The van der Waals surface area contributed by atoms with Crippen LogP contribution in [0.3, 0.4) is 0 Å². The zero-order valence-electron chi connectivity index (χ0n) is 53.2. The van der Waals surface area contributed by atoms with Gasteiger partial charge in [0.15, 0.2) is 0 Å². The summed E-state index contributed by atoms with van der Waals surface area (Å²) in [6, 6.07) is -16.7. The van der Waals surface area contributed by atoms with Crippen molar-refractivity contribution < 1.29 is 92.0 Å². The van der Waals surface area contributed by atoms with Crippen LogP contribution in [0.2, 0.25) is 0 Å². The molecule has 36 nitrogen and oxygen atoms in total. The number of aliphatic carboxylic acids is 1. The first-order valence-corrected chi connectivity index (χ1v) is 30.4. The number of likely N-dealkylation sites (tertiary alicyclic amines) is 1. The third-order valence-corrected chi connectivity index (χ3v) is 14.3. The second-order valence-corrected chi connectivity index (χ2v) is 23.7. The molecule has 1 heterocycles. The highest BCUT2D eigenvalue weighted by Crippen LogP contribution is 2.20. The smallest absolute Gasteiger partial charge is 0.303 e. The Morgan fingerprint density at radius 1 is 0.511 bits per heavy atom. The van der Waals surface area contributed by atoms with Crippen LogP contribution in [0.25, 0.3) is 0 Å². The van der Waals surface area contributed by atoms with Gasteiger partial charge in [0.05, 0.1) is 31.7 Å². The molecule has 1 aliphatic heterocycles. The number of unbranched alkanes of at least 4 members (excludes halogenated alkanes) is 1. The predicted molar refractivity (Wildman–Crippen MR) is 325 cm³/mol. The molecule has 1 aliphatic rings. The highest BCUT2D eigenvalue weighted by molar-refractivity contribution is 6.00. The Hall–Kier alpha value is -8.64. The molecule has 0 bridgehead atoms. The number of hydrogen-bond acceptors (Lipinski definition) is 20. The monoisotopic (exact) mass is 1310 g/mol. The summed E-state index contributed by atoms with van der Waals surface area (Å²) in [5, 5.41) is 54.6. The minimum atomic E-state index is -1.80. The summed E-state index contributed by atoms with van der Waals surface area (Å²) < 4.78 is 0. The van der Waals surface area contributed by atoms with Crippen LogP contribution in [-0.2, 0) is 76.7 Å². The molecular weight excluding hydrogens is 1210 g/mol. The maximum Gasteiger partial charge on any atom is 0.303 e. The van der Waals surface area contributed by atoms with E-state index in [1.165, 1.54) is 20.8 Å². The second-order valence-electron chi connectivity index (χ2n) is 23.7. The number of aliphatic hydroxyl groups excluding tert-OH is 2. The molecule has 0 aromatic carbocycles. The lowest BCUT2D eigenvalue weighted by Crippen LogP contribution is -2.62. The van der Waals surface area contributed by atoms with Crippen molar-refractivity contribution in [3.63, 3.8) is 0 Å². The first-order chi connectivity index (χ1) is 42.9. The summed E-state index contributed by atoms with van der Waals surface area (Å²) >= 11 is 0. The van der Waals surface area contributed by atoms with Crippen LogP contribution in [0.15, 0.2) is 0 Å². The highest BCUT2D eigenvalue weighted by atomic mass is 16.4. The van der Waals surface area contributed by atoms with E-state index in [0.717, 1.165) is 4.90 Å². The second kappa shape index (κ2) is 41.0. The summed E-state index contributed by atoms with van der Waals surface area (Å²) in [4.78, 5) is 210. The van der Waals surface area contributed by atoms with Gasteiger partial charge in [-0.15, -0.1) is 0 Å². The normalized spacial score (nSPS) is 16.5. The fraction of sp³-hybridized carbons (Fsp3) is 0.714. The molecule has 1 saturated heterocycles. The first kappa shape index (κ1) is 81.4. The van der Waals surface area contributed by atoms with E-state index in [-0.39, 0.29) is 50.5 Å². The molecule has 25 N–H and O–H groups in total. The van der Waals surface area contributed by atoms with Crippen LogP contribution >= 0.6 is 0 Å². The molecule has 0 aromatic rings. The van der Waals surface area contributed by atoms with E-state index < -0.39 is 231 Å². The molecule has 12 atom stereocenters. The van der Waals surface area contributed by atoms with E-state index in [0.29, 0.717) is 19.4 Å². The summed E-state index contributed by atoms with van der Waals surface area (Å²) in [6.07, 6.45) is -4.07. The Morgan fingerprint density at radius 2 is 0.967 bits per heavy atom. The summed E-state index contributed by atoms with van der Waals surface area (Å²) in [7, 11) is 0. The van der Waals surface area contributed by atoms with E-state index in [4.69, 9.17) is 34.4 Å². The van der Waals surface area contributed by atoms with E-state index in [2.05, 4.69) is 53.2 Å². The van der Waals surface area contributed by atoms with Crippen LogP contribution in [-0.4, -0.2) is 214 Å². The van der Waals surface area contributed by atoms with E-state index in [1.54, 1.807) is 27.7 Å². The Labute approximate surface area is 532 Å². The van der Waals surface area contributed by atoms with Gasteiger partial charge in [-0.05, 0) is 95.4 Å². The van der Waals surface area contributed by atoms with Crippen molar-refractivity contribution in [1.82, 2.24) is 58.1 Å². The maximum absolute atomic E-state index is 14.2. The number of rotatable bonds is 44. The molecular formula is C56H97N17O19. The Morgan fingerprint density at radius 3 is 1.42 bits per heavy atom. The SMILES string of the molecule is CC(C)C[C@H](NC(=O)CNC(=O)[C@@H](NC(=O)[C@H](CC(C)C)NC(=O)[C@@H]1CCCN1C(=O)[C@H](CO)NC(=O)[C@@H](NC(=O)[C@H](CCC(N)=O)NC(=O)[C@H](CCC(=O)O)NC(=O)[C@H](CCC(N)=O)NC(=O)[C@@H](N)CC(N)=O)C(C)C)[C@@H](C)O)C(=O)N[C@@H](CCCCN)C(N)=O. The van der Waals surface area contributed by atoms with Gasteiger partial charge >= 0.3 is 5.97 Å². The number of nitrogens with two attached hydrogens (primary N) is 6. The van der Waals surface area contributed by atoms with Gasteiger partial charge in [-0.1, -0.05) is 41.5 Å². The van der Waals surface area contributed by atoms with E-state index in [1.807, 2.05) is 0 Å². The van der Waals surface area contributed by atoms with Crippen molar-refractivity contribution in [2.75, 3.05) is 26.2 Å². The summed E-state index contributed by atoms with van der Waals surface area (Å²) in [5.41, 5.74) is 32.4. The number of carboxylic acids is 1. The van der Waals surface area contributed by atoms with Crippen LogP contribution in [0.4, 0.5) is 0 Å². The van der Waals surface area contributed by atoms with Crippen molar-refractivity contribution in [3.05, 3.63) is 0 Å². The minimum Gasteiger partial charge on any atom is -0.481 e. The third-order valence-electron chi connectivity index (χ3n) is 14.3. The lowest BCUT2D eigenvalue weighted by atomic mass is 10.0. The lowest BCUT2D eigenvalue weighted by molar-refractivity contribution is -0.143. The number of carbonyl (C=O) groups excluding carboxylic acids is 15. The molecule has 0 saturated carbocycles. The first-order valence-electron chi connectivity index (χ1n) is 30.4. The number of nitrogens with one attached hydrogen (secondary N) is 10. The topological polar surface area (TPSA) is 613 Å². The molecule has 36 heteroatoms. The number of nitrogens with zero attached hydrogens (tertiary/aromatic N) is 1. The number of carbonyl (C=O) groups is 16. The molecule has 92 heavy (non-hydrogen) atoms. The molecule has 0 radical (unpaired) electrons. The van der Waals surface area contributed by atoms with Gasteiger partial charge in [-0.3, -0.25) is 76.7 Å². The predicted octanol–water partition coefficient (Wildman–Crippen LogP) is -8.21. The molecule has 0 spiro atoms. The van der Waals surface area contributed by atoms with Crippen LogP contribution in [0.1, 0.15) is 138 Å². The number of primary amides is 4. The van der Waals surface area contributed by atoms with Gasteiger partial charge in [0, 0.05) is 25.8 Å². The number of hydrogen-bond donors (Lipinski definition) is 19. The van der Waals surface area contributed by atoms with Gasteiger partial charge in [-0.2, -0.15) is 0 Å². The molecule has 1 fully saturated rings. The van der Waals surface area contributed by atoms with Gasteiger partial charge in [0.25, 0.3) is 0 Å². The van der Waals surface area contributed by atoms with Gasteiger partial charge < -0.3 is 108 Å². The largest absolute Gasteiger partial charge is 0.481 e. The maximum atomic E-state index is 14.2. The van der Waals surface area contributed by atoms with Crippen LogP contribution in [0.5, 0.6) is 0 Å². The van der Waals surface area contributed by atoms with E-state index in [9.17, 15) is 92.0 Å². The number of aliphatic hydroxyl groups is 2. The van der Waals surface area contributed by atoms with Crippen LogP contribution < -0.4 is 87.6 Å². The fourth-order valence-corrected chi connectivity index (χ4v) is 9.43. The Balaban J connectivity index is 3.34. The minimum absolute atomic E-state index is 0.0319. The highest BCUT2D eigenvalue weighted by Gasteiger charge is 2.41. The van der Waals surface area contributed by atoms with Crippen molar-refractivity contribution in [3.8, 4) is 0 Å². The number of amides is 15. The van der Waals surface area contributed by atoms with E-state index >= 15 is 0 Å². The molecule has 520 valence electrons. The molecule has 1 rings (SSSR count). The summed E-state index contributed by atoms with van der Waals surface area (Å²) in [5.74, 6) is -17.3. The van der Waals surface area contributed by atoms with Gasteiger partial charge in [-0.25, -0.2) is 0 Å². The van der Waals surface area contributed by atoms with Crippen molar-refractivity contribution in [1.29, 1.82) is 0 Å². The zero-order chi connectivity index (χ0) is 70.3. The molecule has 0 unspecified atom stereocenters. The summed E-state index contributed by atoms with van der Waals surface area (Å²) in [6.45, 7) is 9.61. The van der Waals surface area contributed by atoms with Crippen molar-refractivity contribution in [2.45, 2.75) is 211 Å². The van der Waals surface area contributed by atoms with Gasteiger partial charge in [0.2, 0.25) is 88.6 Å². The average Bonchev–Trinajstić information content (AvgIpc) is 3.56. The Bertz CT molecular complexity index is 2610. The molecule has 15 amide bonds. The Kier molecular flexibility index (Phi) is 36.2. The molecule has 0 aliphatic carbocycles.